The number of thiazole rings is 2. The van der Waals surface area contributed by atoms with Gasteiger partial charge in [-0.3, -0.25) is 4.79 Å². The molecule has 2 aromatic heterocycles. The Kier molecular flexibility index (Phi) is 15.5. The summed E-state index contributed by atoms with van der Waals surface area (Å²) in [6.45, 7) is 4.88. The quantitative estimate of drug-likeness (QED) is 0.0575. The molecule has 0 aliphatic heterocycles. The molecule has 54 heavy (non-hydrogen) atoms. The van der Waals surface area contributed by atoms with Crippen LogP contribution < -0.4 is 9.47 Å². The van der Waals surface area contributed by atoms with Crippen LogP contribution in [0.1, 0.15) is 124 Å². The number of carbonyl (C=O) groups excluding carboxylic acids is 1. The van der Waals surface area contributed by atoms with Crippen molar-refractivity contribution in [2.45, 2.75) is 116 Å². The highest BCUT2D eigenvalue weighted by molar-refractivity contribution is 7.19. The predicted molar refractivity (Wildman–Crippen MR) is 228 cm³/mol. The standard InChI is InChI=1S/C47H56N2O3S2/c1-3-5-7-9-11-13-19-35-25-29-37(30-26-35)51-33-39(46-48-41-21-15-17-23-43(41)53-46)45(50)40(47-49-42-22-16-18-24-44(42)54-47)34-52-38-31-27-36(28-32-38)20-14-12-10-8-6-4-2/h15-18,21-32,39-40H,3-14,19-20,33-34H2,1-2H3. The number of aryl methyl sites for hydroxylation is 2. The van der Waals surface area contributed by atoms with Gasteiger partial charge in [-0.05, 0) is 85.3 Å². The molecule has 0 saturated heterocycles. The van der Waals surface area contributed by atoms with E-state index in [1.54, 1.807) is 22.7 Å². The Hall–Kier alpha value is -4.07. The molecule has 0 aliphatic rings. The zero-order chi connectivity index (χ0) is 37.4. The van der Waals surface area contributed by atoms with Crippen LogP contribution in [0.2, 0.25) is 0 Å². The molecular weight excluding hydrogens is 705 g/mol. The van der Waals surface area contributed by atoms with Gasteiger partial charge in [0.05, 0.1) is 20.4 Å². The minimum absolute atomic E-state index is 0.00694. The van der Waals surface area contributed by atoms with Gasteiger partial charge in [0.2, 0.25) is 0 Å². The summed E-state index contributed by atoms with van der Waals surface area (Å²) in [5.74, 6) is 0.340. The second kappa shape index (κ2) is 21.1. The maximum absolute atomic E-state index is 14.9. The molecular formula is C47H56N2O3S2. The van der Waals surface area contributed by atoms with Gasteiger partial charge in [0, 0.05) is 0 Å². The molecule has 5 nitrogen and oxygen atoms in total. The lowest BCUT2D eigenvalue weighted by Crippen LogP contribution is -2.29. The zero-order valence-corrected chi connectivity index (χ0v) is 33.8. The van der Waals surface area contributed by atoms with E-state index in [0.717, 1.165) is 54.8 Å². The highest BCUT2D eigenvalue weighted by Crippen LogP contribution is 2.36. The third-order valence-corrected chi connectivity index (χ3v) is 12.5. The summed E-state index contributed by atoms with van der Waals surface area (Å²) in [5.41, 5.74) is 4.42. The smallest absolute Gasteiger partial charge is 0.159 e. The summed E-state index contributed by atoms with van der Waals surface area (Å²) in [6.07, 6.45) is 17.6. The number of hydrogen-bond donors (Lipinski definition) is 0. The summed E-state index contributed by atoms with van der Waals surface area (Å²) >= 11 is 3.13. The van der Waals surface area contributed by atoms with Gasteiger partial charge in [0.15, 0.2) is 5.78 Å². The van der Waals surface area contributed by atoms with E-state index < -0.39 is 11.8 Å². The molecule has 0 spiro atoms. The van der Waals surface area contributed by atoms with Crippen LogP contribution in [0.25, 0.3) is 20.4 Å². The van der Waals surface area contributed by atoms with Crippen LogP contribution in [-0.4, -0.2) is 29.0 Å². The molecule has 2 heterocycles. The molecule has 2 atom stereocenters. The lowest BCUT2D eigenvalue weighted by atomic mass is 9.94. The number of rotatable bonds is 24. The Bertz CT molecular complexity index is 1790. The third-order valence-electron chi connectivity index (χ3n) is 10.2. The number of fused-ring (bicyclic) bond motifs is 2. The van der Waals surface area contributed by atoms with Gasteiger partial charge >= 0.3 is 0 Å². The largest absolute Gasteiger partial charge is 0.492 e. The number of aromatic nitrogens is 2. The molecule has 6 aromatic rings. The first-order chi connectivity index (χ1) is 26.6. The number of nitrogens with zero attached hydrogens (tertiary/aromatic N) is 2. The monoisotopic (exact) mass is 760 g/mol. The topological polar surface area (TPSA) is 61.3 Å². The fourth-order valence-electron chi connectivity index (χ4n) is 6.95. The third kappa shape index (κ3) is 11.5. The van der Waals surface area contributed by atoms with E-state index in [4.69, 9.17) is 19.4 Å². The molecule has 0 bridgehead atoms. The lowest BCUT2D eigenvalue weighted by molar-refractivity contribution is -0.123. The summed E-state index contributed by atoms with van der Waals surface area (Å²) in [5, 5.41) is 1.51. The van der Waals surface area contributed by atoms with E-state index in [1.165, 1.54) is 88.2 Å². The van der Waals surface area contributed by atoms with Crippen LogP contribution in [0, 0.1) is 0 Å². The number of ether oxygens (including phenoxy) is 2. The first-order valence-corrected chi connectivity index (χ1v) is 21.9. The molecule has 0 saturated carbocycles. The lowest BCUT2D eigenvalue weighted by Gasteiger charge is -2.21. The first kappa shape index (κ1) is 39.6. The highest BCUT2D eigenvalue weighted by Gasteiger charge is 2.35. The van der Waals surface area contributed by atoms with E-state index in [1.807, 2.05) is 60.7 Å². The number of hydrogen-bond acceptors (Lipinski definition) is 7. The molecule has 2 unspecified atom stereocenters. The Labute approximate surface area is 330 Å². The van der Waals surface area contributed by atoms with E-state index in [2.05, 4.69) is 50.2 Å². The minimum Gasteiger partial charge on any atom is -0.492 e. The van der Waals surface area contributed by atoms with Gasteiger partial charge in [0.1, 0.15) is 46.6 Å². The van der Waals surface area contributed by atoms with Gasteiger partial charge in [-0.2, -0.15) is 0 Å². The van der Waals surface area contributed by atoms with Gasteiger partial charge in [-0.1, -0.05) is 127 Å². The van der Waals surface area contributed by atoms with Gasteiger partial charge < -0.3 is 9.47 Å². The molecule has 0 N–H and O–H groups in total. The fourth-order valence-corrected chi connectivity index (χ4v) is 9.08. The van der Waals surface area contributed by atoms with E-state index >= 15 is 0 Å². The molecule has 284 valence electrons. The Balaban J connectivity index is 1.18. The molecule has 0 radical (unpaired) electrons. The predicted octanol–water partition coefficient (Wildman–Crippen LogP) is 13.3. The van der Waals surface area contributed by atoms with E-state index in [9.17, 15) is 4.79 Å². The van der Waals surface area contributed by atoms with Crippen molar-refractivity contribution in [2.75, 3.05) is 13.2 Å². The SMILES string of the molecule is CCCCCCCCc1ccc(OCC(C(=O)C(COc2ccc(CCCCCCCC)cc2)c2nc3ccccc3s2)c2nc3ccccc3s2)cc1. The Morgan fingerprint density at radius 3 is 1.31 bits per heavy atom. The summed E-state index contributed by atoms with van der Waals surface area (Å²) in [6, 6.07) is 32.9. The van der Waals surface area contributed by atoms with Crippen molar-refractivity contribution in [3.8, 4) is 11.5 Å². The van der Waals surface area contributed by atoms with Crippen molar-refractivity contribution >= 4 is 48.9 Å². The van der Waals surface area contributed by atoms with Gasteiger partial charge in [0.25, 0.3) is 0 Å². The molecule has 0 aliphatic carbocycles. The fraction of sp³-hybridized carbons (Fsp3) is 0.426. The van der Waals surface area contributed by atoms with Crippen LogP contribution >= 0.6 is 22.7 Å². The first-order valence-electron chi connectivity index (χ1n) is 20.3. The molecule has 7 heteroatoms. The number of ketones is 1. The molecule has 0 amide bonds. The van der Waals surface area contributed by atoms with E-state index in [0.29, 0.717) is 0 Å². The molecule has 0 fully saturated rings. The zero-order valence-electron chi connectivity index (χ0n) is 32.1. The number of Topliss-reactive ketones (excluding diaryl/α,β-unsaturated/α-hetero) is 1. The molecule has 4 aromatic carbocycles. The summed E-state index contributed by atoms with van der Waals surface area (Å²) in [4.78, 5) is 24.9. The number of unbranched alkanes of at least 4 members (excludes halogenated alkanes) is 10. The highest BCUT2D eigenvalue weighted by atomic mass is 32.1. The summed E-state index contributed by atoms with van der Waals surface area (Å²) < 4.78 is 15.0. The normalized spacial score (nSPS) is 12.6. The van der Waals surface area contributed by atoms with E-state index in [-0.39, 0.29) is 19.0 Å². The second-order valence-corrected chi connectivity index (χ2v) is 16.6. The van der Waals surface area contributed by atoms with Crippen LogP contribution in [0.4, 0.5) is 0 Å². The van der Waals surface area contributed by atoms with Crippen molar-refractivity contribution in [3.63, 3.8) is 0 Å². The van der Waals surface area contributed by atoms with Crippen LogP contribution in [0.15, 0.2) is 97.1 Å². The second-order valence-electron chi connectivity index (χ2n) is 14.5. The number of carbonyl (C=O) groups is 1. The maximum Gasteiger partial charge on any atom is 0.159 e. The van der Waals surface area contributed by atoms with Crippen molar-refractivity contribution < 1.29 is 14.3 Å². The van der Waals surface area contributed by atoms with Crippen molar-refractivity contribution in [1.82, 2.24) is 9.97 Å². The van der Waals surface area contributed by atoms with Crippen LogP contribution in [-0.2, 0) is 17.6 Å². The average Bonchev–Trinajstić information content (AvgIpc) is 3.83. The van der Waals surface area contributed by atoms with Gasteiger partial charge in [-0.25, -0.2) is 9.97 Å². The Morgan fingerprint density at radius 1 is 0.519 bits per heavy atom. The van der Waals surface area contributed by atoms with Crippen LogP contribution in [0.5, 0.6) is 11.5 Å². The Morgan fingerprint density at radius 2 is 0.907 bits per heavy atom. The van der Waals surface area contributed by atoms with Crippen molar-refractivity contribution in [1.29, 1.82) is 0 Å². The number of benzene rings is 4. The number of para-hydroxylation sites is 2. The minimum atomic E-state index is -0.592. The molecule has 6 rings (SSSR count). The van der Waals surface area contributed by atoms with Crippen molar-refractivity contribution in [3.05, 3.63) is 118 Å². The van der Waals surface area contributed by atoms with Crippen molar-refractivity contribution in [2.24, 2.45) is 0 Å². The average molecular weight is 761 g/mol. The van der Waals surface area contributed by atoms with Crippen LogP contribution in [0.3, 0.4) is 0 Å². The maximum atomic E-state index is 14.9. The van der Waals surface area contributed by atoms with Gasteiger partial charge in [-0.15, -0.1) is 22.7 Å². The summed E-state index contributed by atoms with van der Waals surface area (Å²) in [7, 11) is 0.